The lowest BCUT2D eigenvalue weighted by molar-refractivity contribution is 0.0108. The third-order valence-corrected chi connectivity index (χ3v) is 5.20. The van der Waals surface area contributed by atoms with Crippen LogP contribution in [0.3, 0.4) is 0 Å². The number of hydrogen-bond acceptors (Lipinski definition) is 1. The standard InChI is InChI=1S/C24H25BrO/c25-19-11-4-12-20-26-24(21-13-5-1-6-14-21,22-15-7-2-8-16-22)23-17-9-3-10-18-23/h1-3,5-10,13-18H,4,11-12,19-20H2. The lowest BCUT2D eigenvalue weighted by Crippen LogP contribution is -2.33. The maximum Gasteiger partial charge on any atom is 0.143 e. The average Bonchev–Trinajstić information content (AvgIpc) is 2.73. The van der Waals surface area contributed by atoms with E-state index in [0.29, 0.717) is 0 Å². The third kappa shape index (κ3) is 4.25. The van der Waals surface area contributed by atoms with Crippen LogP contribution < -0.4 is 0 Å². The fourth-order valence-electron chi connectivity index (χ4n) is 3.37. The summed E-state index contributed by atoms with van der Waals surface area (Å²) < 4.78 is 6.72. The van der Waals surface area contributed by atoms with Gasteiger partial charge in [0.25, 0.3) is 0 Å². The van der Waals surface area contributed by atoms with Gasteiger partial charge in [-0.25, -0.2) is 0 Å². The zero-order valence-corrected chi connectivity index (χ0v) is 16.6. The van der Waals surface area contributed by atoms with Crippen LogP contribution in [0.4, 0.5) is 0 Å². The first-order valence-corrected chi connectivity index (χ1v) is 10.4. The largest absolute Gasteiger partial charge is 0.361 e. The molecule has 0 atom stereocenters. The number of ether oxygens (including phenoxy) is 1. The minimum absolute atomic E-state index is 0.585. The van der Waals surface area contributed by atoms with Crippen molar-refractivity contribution in [3.05, 3.63) is 108 Å². The Balaban J connectivity index is 2.06. The second-order valence-electron chi connectivity index (χ2n) is 6.38. The molecule has 0 aliphatic heterocycles. The highest BCUT2D eigenvalue weighted by Gasteiger charge is 2.37. The van der Waals surface area contributed by atoms with E-state index in [1.54, 1.807) is 0 Å². The van der Waals surface area contributed by atoms with Crippen molar-refractivity contribution in [3.63, 3.8) is 0 Å². The molecule has 0 aliphatic rings. The minimum Gasteiger partial charge on any atom is -0.361 e. The van der Waals surface area contributed by atoms with Crippen LogP contribution in [0.25, 0.3) is 0 Å². The quantitative estimate of drug-likeness (QED) is 0.221. The summed E-state index contributed by atoms with van der Waals surface area (Å²) in [6, 6.07) is 31.7. The summed E-state index contributed by atoms with van der Waals surface area (Å²) in [5.41, 5.74) is 2.91. The molecule has 26 heavy (non-hydrogen) atoms. The number of halogens is 1. The van der Waals surface area contributed by atoms with Crippen LogP contribution in [0.2, 0.25) is 0 Å². The predicted molar refractivity (Wildman–Crippen MR) is 113 cm³/mol. The third-order valence-electron chi connectivity index (χ3n) is 4.64. The first-order valence-electron chi connectivity index (χ1n) is 9.24. The van der Waals surface area contributed by atoms with Gasteiger partial charge in [-0.1, -0.05) is 113 Å². The fraction of sp³-hybridized carbons (Fsp3) is 0.250. The van der Waals surface area contributed by atoms with Crippen LogP contribution in [0, 0.1) is 0 Å². The summed E-state index contributed by atoms with van der Waals surface area (Å²) in [7, 11) is 0. The molecule has 2 heteroatoms. The van der Waals surface area contributed by atoms with E-state index in [2.05, 4.69) is 107 Å². The Morgan fingerprint density at radius 2 is 1.00 bits per heavy atom. The molecule has 1 nitrogen and oxygen atoms in total. The normalized spacial score (nSPS) is 11.4. The zero-order valence-electron chi connectivity index (χ0n) is 15.0. The van der Waals surface area contributed by atoms with Gasteiger partial charge in [0, 0.05) is 11.9 Å². The van der Waals surface area contributed by atoms with Gasteiger partial charge in [0.05, 0.1) is 0 Å². The van der Waals surface area contributed by atoms with Crippen LogP contribution in [0.5, 0.6) is 0 Å². The topological polar surface area (TPSA) is 9.23 Å². The first-order chi connectivity index (χ1) is 12.9. The van der Waals surface area contributed by atoms with Crippen LogP contribution in [-0.2, 0) is 10.3 Å². The van der Waals surface area contributed by atoms with E-state index in [0.717, 1.165) is 35.0 Å². The molecule has 0 radical (unpaired) electrons. The molecule has 0 heterocycles. The van der Waals surface area contributed by atoms with Crippen molar-refractivity contribution in [3.8, 4) is 0 Å². The van der Waals surface area contributed by atoms with E-state index in [1.165, 1.54) is 12.8 Å². The summed E-state index contributed by atoms with van der Waals surface area (Å²) >= 11 is 3.51. The van der Waals surface area contributed by atoms with Gasteiger partial charge in [-0.05, 0) is 29.5 Å². The minimum atomic E-state index is -0.585. The number of hydrogen-bond donors (Lipinski definition) is 0. The second-order valence-corrected chi connectivity index (χ2v) is 7.17. The Bertz CT molecular complexity index is 659. The van der Waals surface area contributed by atoms with E-state index >= 15 is 0 Å². The second kappa shape index (κ2) is 9.70. The van der Waals surface area contributed by atoms with Gasteiger partial charge < -0.3 is 4.74 Å². The SMILES string of the molecule is BrCCCCCOC(c1ccccc1)(c1ccccc1)c1ccccc1. The molecule has 0 saturated heterocycles. The molecule has 0 aromatic heterocycles. The Morgan fingerprint density at radius 3 is 1.38 bits per heavy atom. The Kier molecular flexibility index (Phi) is 7.04. The molecule has 0 saturated carbocycles. The maximum absolute atomic E-state index is 6.72. The summed E-state index contributed by atoms with van der Waals surface area (Å²) in [5.74, 6) is 0. The van der Waals surface area contributed by atoms with Crippen LogP contribution in [0.1, 0.15) is 36.0 Å². The van der Waals surface area contributed by atoms with Gasteiger partial charge >= 0.3 is 0 Å². The van der Waals surface area contributed by atoms with E-state index in [1.807, 2.05) is 0 Å². The maximum atomic E-state index is 6.72. The van der Waals surface area contributed by atoms with Crippen molar-refractivity contribution in [2.75, 3.05) is 11.9 Å². The highest BCUT2D eigenvalue weighted by Crippen LogP contribution is 2.40. The van der Waals surface area contributed by atoms with Crippen molar-refractivity contribution in [2.24, 2.45) is 0 Å². The summed E-state index contributed by atoms with van der Waals surface area (Å²) in [4.78, 5) is 0. The highest BCUT2D eigenvalue weighted by atomic mass is 79.9. The smallest absolute Gasteiger partial charge is 0.143 e. The number of alkyl halides is 1. The molecule has 0 amide bonds. The molecule has 0 bridgehead atoms. The van der Waals surface area contributed by atoms with Crippen molar-refractivity contribution in [1.82, 2.24) is 0 Å². The molecule has 3 rings (SSSR count). The van der Waals surface area contributed by atoms with E-state index < -0.39 is 5.60 Å². The van der Waals surface area contributed by atoms with Crippen LogP contribution >= 0.6 is 15.9 Å². The fourth-order valence-corrected chi connectivity index (χ4v) is 3.76. The van der Waals surface area contributed by atoms with Gasteiger partial charge in [0.15, 0.2) is 0 Å². The van der Waals surface area contributed by atoms with Crippen LogP contribution in [-0.4, -0.2) is 11.9 Å². The Hall–Kier alpha value is -1.90. The molecule has 0 aliphatic carbocycles. The van der Waals surface area contributed by atoms with Gasteiger partial charge in [-0.15, -0.1) is 0 Å². The zero-order chi connectivity index (χ0) is 18.1. The number of benzene rings is 3. The van der Waals surface area contributed by atoms with Gasteiger partial charge in [0.2, 0.25) is 0 Å². The lowest BCUT2D eigenvalue weighted by Gasteiger charge is -2.36. The van der Waals surface area contributed by atoms with E-state index in [-0.39, 0.29) is 0 Å². The predicted octanol–water partition coefficient (Wildman–Crippen LogP) is 6.56. The van der Waals surface area contributed by atoms with Gasteiger partial charge in [-0.2, -0.15) is 0 Å². The van der Waals surface area contributed by atoms with Gasteiger partial charge in [-0.3, -0.25) is 0 Å². The van der Waals surface area contributed by atoms with Crippen LogP contribution in [0.15, 0.2) is 91.0 Å². The molecule has 0 spiro atoms. The Labute approximate surface area is 165 Å². The van der Waals surface area contributed by atoms with E-state index in [4.69, 9.17) is 4.74 Å². The molecule has 134 valence electrons. The highest BCUT2D eigenvalue weighted by molar-refractivity contribution is 9.09. The average molecular weight is 409 g/mol. The number of unbranched alkanes of at least 4 members (excludes halogenated alkanes) is 2. The van der Waals surface area contributed by atoms with Crippen molar-refractivity contribution in [1.29, 1.82) is 0 Å². The summed E-state index contributed by atoms with van der Waals surface area (Å²) in [5, 5.41) is 1.05. The summed E-state index contributed by atoms with van der Waals surface area (Å²) in [6.45, 7) is 0.728. The summed E-state index contributed by atoms with van der Waals surface area (Å²) in [6.07, 6.45) is 3.40. The lowest BCUT2D eigenvalue weighted by atomic mass is 9.80. The molecule has 3 aromatic carbocycles. The van der Waals surface area contributed by atoms with Crippen molar-refractivity contribution >= 4 is 15.9 Å². The molecular formula is C24H25BrO. The van der Waals surface area contributed by atoms with E-state index in [9.17, 15) is 0 Å². The molecule has 3 aromatic rings. The van der Waals surface area contributed by atoms with Crippen molar-refractivity contribution in [2.45, 2.75) is 24.9 Å². The van der Waals surface area contributed by atoms with Crippen molar-refractivity contribution < 1.29 is 4.74 Å². The number of rotatable bonds is 9. The first kappa shape index (κ1) is 18.9. The molecule has 0 N–H and O–H groups in total. The molecular weight excluding hydrogens is 384 g/mol. The molecule has 0 fully saturated rings. The molecule has 0 unspecified atom stereocenters. The Morgan fingerprint density at radius 1 is 0.577 bits per heavy atom. The van der Waals surface area contributed by atoms with Gasteiger partial charge in [0.1, 0.15) is 5.60 Å². The monoisotopic (exact) mass is 408 g/mol.